The number of benzene rings is 1. The van der Waals surface area contributed by atoms with Crippen molar-refractivity contribution in [3.05, 3.63) is 35.4 Å². The maximum absolute atomic E-state index is 12.4. The number of ketones is 1. The van der Waals surface area contributed by atoms with Crippen LogP contribution in [0.3, 0.4) is 0 Å². The van der Waals surface area contributed by atoms with E-state index >= 15 is 0 Å². The van der Waals surface area contributed by atoms with Gasteiger partial charge >= 0.3 is 5.97 Å². The zero-order valence-corrected chi connectivity index (χ0v) is 19.2. The molecule has 1 aromatic rings. The Labute approximate surface area is 190 Å². The summed E-state index contributed by atoms with van der Waals surface area (Å²) < 4.78 is 5.57. The third-order valence-electron chi connectivity index (χ3n) is 6.40. The molecule has 0 aliphatic carbocycles. The second-order valence-corrected chi connectivity index (χ2v) is 8.83. The molecule has 2 amide bonds. The van der Waals surface area contributed by atoms with Crippen LogP contribution < -0.4 is 0 Å². The molecule has 3 rings (SSSR count). The Morgan fingerprint density at radius 2 is 1.59 bits per heavy atom. The van der Waals surface area contributed by atoms with Gasteiger partial charge in [0, 0.05) is 32.0 Å². The van der Waals surface area contributed by atoms with Crippen molar-refractivity contribution >= 4 is 23.6 Å². The summed E-state index contributed by atoms with van der Waals surface area (Å²) >= 11 is 0. The monoisotopic (exact) mass is 442 g/mol. The van der Waals surface area contributed by atoms with Crippen LogP contribution in [-0.2, 0) is 14.3 Å². The third-order valence-corrected chi connectivity index (χ3v) is 6.40. The van der Waals surface area contributed by atoms with E-state index in [0.717, 1.165) is 51.6 Å². The lowest BCUT2D eigenvalue weighted by atomic mass is 10.1. The molecular weight excluding hydrogens is 408 g/mol. The number of imide groups is 1. The molecule has 7 heteroatoms. The number of hydrogen-bond donors (Lipinski definition) is 0. The average molecular weight is 443 g/mol. The highest BCUT2D eigenvalue weighted by atomic mass is 16.5. The van der Waals surface area contributed by atoms with Crippen molar-refractivity contribution in [2.24, 2.45) is 0 Å². The van der Waals surface area contributed by atoms with Crippen molar-refractivity contribution in [2.45, 2.75) is 77.4 Å². The average Bonchev–Trinajstić information content (AvgIpc) is 3.27. The smallest absolute Gasteiger partial charge is 0.306 e. The summed E-state index contributed by atoms with van der Waals surface area (Å²) in [6.45, 7) is 5.80. The van der Waals surface area contributed by atoms with Gasteiger partial charge in [-0.15, -0.1) is 0 Å². The number of esters is 1. The van der Waals surface area contributed by atoms with Gasteiger partial charge in [-0.1, -0.05) is 31.9 Å². The van der Waals surface area contributed by atoms with E-state index in [1.165, 1.54) is 11.8 Å². The lowest BCUT2D eigenvalue weighted by molar-refractivity contribution is -0.149. The Kier molecular flexibility index (Phi) is 8.56. The Balaban J connectivity index is 1.33. The number of ether oxygens (including phenoxy) is 1. The predicted octanol–water partition coefficient (Wildman–Crippen LogP) is 3.61. The minimum atomic E-state index is -0.282. The van der Waals surface area contributed by atoms with Crippen LogP contribution >= 0.6 is 0 Å². The van der Waals surface area contributed by atoms with Gasteiger partial charge in [0.25, 0.3) is 11.8 Å². The largest absolute Gasteiger partial charge is 0.461 e. The number of likely N-dealkylation sites (tertiary alicyclic amines) is 1. The van der Waals surface area contributed by atoms with E-state index in [0.29, 0.717) is 23.7 Å². The highest BCUT2D eigenvalue weighted by molar-refractivity contribution is 6.21. The number of nitrogens with zero attached hydrogens (tertiary/aromatic N) is 2. The van der Waals surface area contributed by atoms with Gasteiger partial charge in [-0.25, -0.2) is 0 Å². The number of unbranched alkanes of at least 4 members (excludes halogenated alkanes) is 3. The van der Waals surface area contributed by atoms with E-state index in [1.807, 2.05) is 0 Å². The number of rotatable bonds is 12. The number of hydrogen-bond acceptors (Lipinski definition) is 6. The first kappa shape index (κ1) is 24.1. The molecule has 0 bridgehead atoms. The first-order chi connectivity index (χ1) is 15.4. The van der Waals surface area contributed by atoms with Crippen molar-refractivity contribution in [1.29, 1.82) is 0 Å². The number of Topliss-reactive ketones (excluding diaryl/α,β-unsaturated/α-hetero) is 1. The Bertz CT molecular complexity index is 817. The third kappa shape index (κ3) is 6.03. The molecule has 1 fully saturated rings. The zero-order valence-electron chi connectivity index (χ0n) is 19.2. The molecule has 2 aliphatic heterocycles. The minimum absolute atomic E-state index is 0.00411. The van der Waals surface area contributed by atoms with Gasteiger partial charge in [-0.05, 0) is 44.9 Å². The van der Waals surface area contributed by atoms with Crippen molar-refractivity contribution < 1.29 is 23.9 Å². The fourth-order valence-electron chi connectivity index (χ4n) is 4.63. The highest BCUT2D eigenvalue weighted by Gasteiger charge is 2.35. The normalized spacial score (nSPS) is 20.6. The maximum Gasteiger partial charge on any atom is 0.306 e. The van der Waals surface area contributed by atoms with Crippen LogP contribution in [0.1, 0.15) is 85.9 Å². The topological polar surface area (TPSA) is 84.0 Å². The minimum Gasteiger partial charge on any atom is -0.461 e. The van der Waals surface area contributed by atoms with E-state index in [4.69, 9.17) is 4.74 Å². The molecular formula is C25H34N2O5. The number of fused-ring (bicyclic) bond motifs is 1. The Morgan fingerprint density at radius 1 is 0.969 bits per heavy atom. The molecule has 2 atom stereocenters. The van der Waals surface area contributed by atoms with Gasteiger partial charge in [-0.2, -0.15) is 0 Å². The van der Waals surface area contributed by atoms with E-state index in [2.05, 4.69) is 11.8 Å². The maximum atomic E-state index is 12.4. The standard InChI is InChI=1S/C25H34N2O5/c1-3-19-16-20(32-23(29)13-12-18(2)28)17-26(19)14-8-4-5-9-15-27-24(30)21-10-6-7-11-22(21)25(27)31/h6-7,10-11,19-20H,3-5,8-9,12-17H2,1-2H3/t19-,20-/m1/s1. The van der Waals surface area contributed by atoms with E-state index in [-0.39, 0.29) is 42.5 Å². The van der Waals surface area contributed by atoms with Gasteiger partial charge in [0.05, 0.1) is 17.5 Å². The van der Waals surface area contributed by atoms with E-state index in [9.17, 15) is 19.2 Å². The first-order valence-electron chi connectivity index (χ1n) is 11.8. The molecule has 0 spiro atoms. The molecule has 1 aromatic carbocycles. The molecule has 0 radical (unpaired) electrons. The molecule has 0 N–H and O–H groups in total. The highest BCUT2D eigenvalue weighted by Crippen LogP contribution is 2.25. The van der Waals surface area contributed by atoms with Crippen LogP contribution in [0.5, 0.6) is 0 Å². The fraction of sp³-hybridized carbons (Fsp3) is 0.600. The van der Waals surface area contributed by atoms with Crippen LogP contribution in [0.25, 0.3) is 0 Å². The molecule has 0 aromatic heterocycles. The second kappa shape index (κ2) is 11.4. The Hall–Kier alpha value is -2.54. The molecule has 0 unspecified atom stereocenters. The van der Waals surface area contributed by atoms with E-state index < -0.39 is 0 Å². The molecule has 2 aliphatic rings. The van der Waals surface area contributed by atoms with Gasteiger partial charge < -0.3 is 9.53 Å². The van der Waals surface area contributed by atoms with Gasteiger partial charge in [0.2, 0.25) is 0 Å². The van der Waals surface area contributed by atoms with Crippen molar-refractivity contribution in [2.75, 3.05) is 19.6 Å². The lowest BCUT2D eigenvalue weighted by Gasteiger charge is -2.22. The van der Waals surface area contributed by atoms with Crippen LogP contribution in [0.15, 0.2) is 24.3 Å². The first-order valence-corrected chi connectivity index (χ1v) is 11.8. The molecule has 174 valence electrons. The van der Waals surface area contributed by atoms with Crippen LogP contribution in [0, 0.1) is 0 Å². The summed E-state index contributed by atoms with van der Waals surface area (Å²) in [7, 11) is 0. The summed E-state index contributed by atoms with van der Waals surface area (Å²) in [5, 5.41) is 0. The lowest BCUT2D eigenvalue weighted by Crippen LogP contribution is -2.31. The summed E-state index contributed by atoms with van der Waals surface area (Å²) in [5.41, 5.74) is 1.02. The molecule has 1 saturated heterocycles. The summed E-state index contributed by atoms with van der Waals surface area (Å²) in [4.78, 5) is 51.5. The second-order valence-electron chi connectivity index (χ2n) is 8.83. The quantitative estimate of drug-likeness (QED) is 0.279. The van der Waals surface area contributed by atoms with Gasteiger partial charge in [0.15, 0.2) is 0 Å². The molecule has 32 heavy (non-hydrogen) atoms. The Morgan fingerprint density at radius 3 is 2.19 bits per heavy atom. The summed E-state index contributed by atoms with van der Waals surface area (Å²) in [6, 6.07) is 7.41. The predicted molar refractivity (Wildman–Crippen MR) is 120 cm³/mol. The molecule has 2 heterocycles. The number of carbonyl (C=O) groups is 4. The van der Waals surface area contributed by atoms with Crippen molar-refractivity contribution in [3.8, 4) is 0 Å². The van der Waals surface area contributed by atoms with Gasteiger partial charge in [0.1, 0.15) is 11.9 Å². The molecule has 7 nitrogen and oxygen atoms in total. The summed E-state index contributed by atoms with van der Waals surface area (Å²) in [5.74, 6) is -0.644. The van der Waals surface area contributed by atoms with Gasteiger partial charge in [-0.3, -0.25) is 24.2 Å². The van der Waals surface area contributed by atoms with Crippen LogP contribution in [-0.4, -0.2) is 65.1 Å². The van der Waals surface area contributed by atoms with Crippen LogP contribution in [0.4, 0.5) is 0 Å². The molecule has 0 saturated carbocycles. The summed E-state index contributed by atoms with van der Waals surface area (Å²) in [6.07, 6.45) is 6.00. The van der Waals surface area contributed by atoms with Crippen molar-refractivity contribution in [3.63, 3.8) is 0 Å². The van der Waals surface area contributed by atoms with E-state index in [1.54, 1.807) is 24.3 Å². The van der Waals surface area contributed by atoms with Crippen LogP contribution in [0.2, 0.25) is 0 Å². The zero-order chi connectivity index (χ0) is 23.1. The van der Waals surface area contributed by atoms with Crippen molar-refractivity contribution in [1.82, 2.24) is 9.80 Å². The number of carbonyl (C=O) groups excluding carboxylic acids is 4. The number of amides is 2. The fourth-order valence-corrected chi connectivity index (χ4v) is 4.63. The SMILES string of the molecule is CC[C@@H]1C[C@@H](OC(=O)CCC(C)=O)CN1CCCCCCN1C(=O)c2ccccc2C1=O.